The normalized spacial score (nSPS) is 12.6. The number of nitrogens with one attached hydrogen (secondary N) is 1. The van der Waals surface area contributed by atoms with Crippen LogP contribution in [0.15, 0.2) is 42.5 Å². The molecule has 0 aromatic heterocycles. The number of hydrogen-bond donors (Lipinski definition) is 1. The second kappa shape index (κ2) is 11.8. The highest BCUT2D eigenvalue weighted by Gasteiger charge is 2.33. The summed E-state index contributed by atoms with van der Waals surface area (Å²) in [5.74, 6) is -0.138. The Labute approximate surface area is 215 Å². The largest absolute Gasteiger partial charge is 0.497 e. The lowest BCUT2D eigenvalue weighted by Crippen LogP contribution is -2.55. The second-order valence-electron chi connectivity index (χ2n) is 10.0. The first-order chi connectivity index (χ1) is 16.7. The molecule has 0 aliphatic rings. The average molecular weight is 518 g/mol. The van der Waals surface area contributed by atoms with E-state index in [9.17, 15) is 18.0 Å². The van der Waals surface area contributed by atoms with E-state index in [0.29, 0.717) is 17.9 Å². The summed E-state index contributed by atoms with van der Waals surface area (Å²) < 4.78 is 32.2. The highest BCUT2D eigenvalue weighted by molar-refractivity contribution is 7.92. The van der Waals surface area contributed by atoms with Gasteiger partial charge in [0.05, 0.1) is 19.1 Å². The molecule has 2 aromatic rings. The van der Waals surface area contributed by atoms with E-state index >= 15 is 0 Å². The molecule has 2 aromatic carbocycles. The monoisotopic (exact) mass is 517 g/mol. The van der Waals surface area contributed by atoms with E-state index in [2.05, 4.69) is 5.32 Å². The third kappa shape index (κ3) is 7.71. The highest BCUT2D eigenvalue weighted by atomic mass is 32.2. The second-order valence-corrected chi connectivity index (χ2v) is 12.0. The van der Waals surface area contributed by atoms with Gasteiger partial charge < -0.3 is 15.0 Å². The number of hydrogen-bond acceptors (Lipinski definition) is 5. The lowest BCUT2D eigenvalue weighted by molar-refractivity contribution is -0.141. The highest BCUT2D eigenvalue weighted by Crippen LogP contribution is 2.27. The zero-order chi connectivity index (χ0) is 27.3. The predicted octanol–water partition coefficient (Wildman–Crippen LogP) is 3.80. The van der Waals surface area contributed by atoms with Crippen LogP contribution in [-0.4, -0.2) is 56.6 Å². The smallest absolute Gasteiger partial charge is 0.244 e. The Kier molecular flexibility index (Phi) is 9.54. The topological polar surface area (TPSA) is 96.0 Å². The number of benzene rings is 2. The molecule has 1 atom stereocenters. The molecular formula is C27H39N3O5S. The number of carbonyl (C=O) groups is 2. The summed E-state index contributed by atoms with van der Waals surface area (Å²) in [6, 6.07) is 11.9. The van der Waals surface area contributed by atoms with Crippen LogP contribution in [0.1, 0.15) is 50.8 Å². The maximum absolute atomic E-state index is 13.8. The van der Waals surface area contributed by atoms with E-state index in [4.69, 9.17) is 4.74 Å². The van der Waals surface area contributed by atoms with E-state index in [0.717, 1.165) is 27.3 Å². The fourth-order valence-corrected chi connectivity index (χ4v) is 5.08. The van der Waals surface area contributed by atoms with E-state index < -0.39 is 34.1 Å². The number of methoxy groups -OCH3 is 1. The van der Waals surface area contributed by atoms with Crippen LogP contribution in [0.3, 0.4) is 0 Å². The minimum absolute atomic E-state index is 0.121. The maximum Gasteiger partial charge on any atom is 0.244 e. The van der Waals surface area contributed by atoms with Crippen LogP contribution >= 0.6 is 0 Å². The Bertz CT molecular complexity index is 1170. The molecule has 0 heterocycles. The number of amides is 2. The lowest BCUT2D eigenvalue weighted by Gasteiger charge is -2.35. The molecule has 0 saturated heterocycles. The Morgan fingerprint density at radius 3 is 2.14 bits per heavy atom. The summed E-state index contributed by atoms with van der Waals surface area (Å²) in [5, 5.41) is 2.96. The van der Waals surface area contributed by atoms with Crippen LogP contribution in [0.5, 0.6) is 5.75 Å². The van der Waals surface area contributed by atoms with Gasteiger partial charge in [-0.2, -0.15) is 0 Å². The van der Waals surface area contributed by atoms with Gasteiger partial charge in [-0.25, -0.2) is 8.42 Å². The van der Waals surface area contributed by atoms with Gasteiger partial charge in [0.25, 0.3) is 0 Å². The molecule has 36 heavy (non-hydrogen) atoms. The van der Waals surface area contributed by atoms with Crippen molar-refractivity contribution in [1.29, 1.82) is 0 Å². The third-order valence-corrected chi connectivity index (χ3v) is 6.85. The van der Waals surface area contributed by atoms with Crippen LogP contribution in [0.2, 0.25) is 0 Å². The number of carbonyl (C=O) groups excluding carboxylic acids is 2. The first-order valence-corrected chi connectivity index (χ1v) is 13.8. The average Bonchev–Trinajstić information content (AvgIpc) is 2.76. The van der Waals surface area contributed by atoms with Crippen molar-refractivity contribution < 1.29 is 22.7 Å². The van der Waals surface area contributed by atoms with E-state index in [-0.39, 0.29) is 12.5 Å². The minimum Gasteiger partial charge on any atom is -0.497 e. The van der Waals surface area contributed by atoms with Gasteiger partial charge in [-0.15, -0.1) is 0 Å². The van der Waals surface area contributed by atoms with Gasteiger partial charge in [0.15, 0.2) is 0 Å². The van der Waals surface area contributed by atoms with Gasteiger partial charge in [-0.1, -0.05) is 37.3 Å². The zero-order valence-corrected chi connectivity index (χ0v) is 23.4. The molecule has 0 bridgehead atoms. The van der Waals surface area contributed by atoms with Crippen molar-refractivity contribution in [2.75, 3.05) is 24.2 Å². The zero-order valence-electron chi connectivity index (χ0n) is 22.6. The third-order valence-electron chi connectivity index (χ3n) is 5.74. The Morgan fingerprint density at radius 2 is 1.64 bits per heavy atom. The first kappa shape index (κ1) is 29.2. The SMILES string of the molecule is CC[C@H](C(=O)NC(C)(C)C)N(Cc1cccc(OC)c1)C(=O)CN(c1c(C)cccc1C)S(C)(=O)=O. The molecular weight excluding hydrogens is 478 g/mol. The molecule has 198 valence electrons. The van der Waals surface area contributed by atoms with Crippen molar-refractivity contribution >= 4 is 27.5 Å². The van der Waals surface area contributed by atoms with E-state index in [1.807, 2.05) is 71.9 Å². The summed E-state index contributed by atoms with van der Waals surface area (Å²) >= 11 is 0. The Hall–Kier alpha value is -3.07. The quantitative estimate of drug-likeness (QED) is 0.517. The van der Waals surface area contributed by atoms with E-state index in [1.54, 1.807) is 19.2 Å². The Balaban J connectivity index is 2.53. The number of nitrogens with zero attached hydrogens (tertiary/aromatic N) is 2. The molecule has 8 nitrogen and oxygen atoms in total. The van der Waals surface area contributed by atoms with Crippen molar-refractivity contribution in [1.82, 2.24) is 10.2 Å². The molecule has 0 unspecified atom stereocenters. The molecule has 0 fully saturated rings. The van der Waals surface area contributed by atoms with Crippen LogP contribution in [0, 0.1) is 13.8 Å². The minimum atomic E-state index is -3.79. The summed E-state index contributed by atoms with van der Waals surface area (Å²) in [7, 11) is -2.23. The fourth-order valence-electron chi connectivity index (χ4n) is 4.11. The van der Waals surface area contributed by atoms with Crippen LogP contribution in [-0.2, 0) is 26.2 Å². The molecule has 2 amide bonds. The van der Waals surface area contributed by atoms with Gasteiger partial charge in [0.2, 0.25) is 21.8 Å². The Morgan fingerprint density at radius 1 is 1.06 bits per heavy atom. The first-order valence-electron chi connectivity index (χ1n) is 12.0. The number of sulfonamides is 1. The van der Waals surface area contributed by atoms with Crippen LogP contribution in [0.25, 0.3) is 0 Å². The predicted molar refractivity (Wildman–Crippen MR) is 144 cm³/mol. The standard InChI is InChI=1S/C27H39N3O5S/c1-9-23(26(32)28-27(4,5)6)29(17-21-14-11-15-22(16-21)35-7)24(31)18-30(36(8,33)34)25-19(2)12-10-13-20(25)3/h10-16,23H,9,17-18H2,1-8H3,(H,28,32)/t23-/m1/s1. The number of anilines is 1. The van der Waals surface area contributed by atoms with Crippen molar-refractivity contribution in [2.45, 2.75) is 66.1 Å². The van der Waals surface area contributed by atoms with Gasteiger partial charge in [-0.3, -0.25) is 13.9 Å². The van der Waals surface area contributed by atoms with Gasteiger partial charge in [0, 0.05) is 12.1 Å². The van der Waals surface area contributed by atoms with Gasteiger partial charge >= 0.3 is 0 Å². The van der Waals surface area contributed by atoms with Crippen molar-refractivity contribution in [2.24, 2.45) is 0 Å². The van der Waals surface area contributed by atoms with Gasteiger partial charge in [-0.05, 0) is 69.9 Å². The van der Waals surface area contributed by atoms with Crippen LogP contribution in [0.4, 0.5) is 5.69 Å². The maximum atomic E-state index is 13.8. The van der Waals surface area contributed by atoms with Gasteiger partial charge in [0.1, 0.15) is 18.3 Å². The number of aryl methyl sites for hydroxylation is 2. The molecule has 2 rings (SSSR count). The molecule has 0 spiro atoms. The molecule has 0 radical (unpaired) electrons. The molecule has 9 heteroatoms. The van der Waals surface area contributed by atoms with Crippen LogP contribution < -0.4 is 14.4 Å². The molecule has 0 saturated carbocycles. The van der Waals surface area contributed by atoms with Crippen molar-refractivity contribution in [3.8, 4) is 5.75 Å². The molecule has 1 N–H and O–H groups in total. The summed E-state index contributed by atoms with van der Waals surface area (Å²) in [4.78, 5) is 28.5. The number of para-hydroxylation sites is 1. The summed E-state index contributed by atoms with van der Waals surface area (Å²) in [6.45, 7) is 10.8. The number of ether oxygens (including phenoxy) is 1. The summed E-state index contributed by atoms with van der Waals surface area (Å²) in [5.41, 5.74) is 2.23. The molecule has 0 aliphatic heterocycles. The summed E-state index contributed by atoms with van der Waals surface area (Å²) in [6.07, 6.45) is 1.45. The van der Waals surface area contributed by atoms with Crippen molar-refractivity contribution in [3.63, 3.8) is 0 Å². The fraction of sp³-hybridized carbons (Fsp3) is 0.481. The molecule has 0 aliphatic carbocycles. The lowest BCUT2D eigenvalue weighted by atomic mass is 10.1. The van der Waals surface area contributed by atoms with E-state index in [1.165, 1.54) is 4.90 Å². The van der Waals surface area contributed by atoms with Crippen molar-refractivity contribution in [3.05, 3.63) is 59.2 Å². The number of rotatable bonds is 10.